The number of benzene rings is 1. The van der Waals surface area contributed by atoms with Crippen molar-refractivity contribution in [2.45, 2.75) is 12.8 Å². The van der Waals surface area contributed by atoms with Crippen molar-refractivity contribution in [3.63, 3.8) is 0 Å². The van der Waals surface area contributed by atoms with Gasteiger partial charge in [-0.05, 0) is 23.5 Å². The number of Topliss-reactive ketones (excluding diaryl/α,β-unsaturated/α-hetero) is 2. The van der Waals surface area contributed by atoms with Crippen molar-refractivity contribution >= 4 is 84.9 Å². The Kier molecular flexibility index (Phi) is 5.33. The molecule has 2 aliphatic rings. The highest BCUT2D eigenvalue weighted by molar-refractivity contribution is 14.1. The van der Waals surface area contributed by atoms with Crippen LogP contribution in [0.3, 0.4) is 0 Å². The topological polar surface area (TPSA) is 34.1 Å². The maximum atomic E-state index is 13.3. The Morgan fingerprint density at radius 1 is 1.05 bits per heavy atom. The summed E-state index contributed by atoms with van der Waals surface area (Å²) in [6.07, 6.45) is 1.18. The van der Waals surface area contributed by atoms with E-state index in [9.17, 15) is 9.59 Å². The number of carbonyl (C=O) groups is 2. The normalized spacial score (nSPS) is 24.0. The van der Waals surface area contributed by atoms with Gasteiger partial charge in [0.25, 0.3) is 0 Å². The fraction of sp³-hybridized carbons (Fsp3) is 0.412. The van der Waals surface area contributed by atoms with Crippen molar-refractivity contribution in [3.05, 3.63) is 41.0 Å². The van der Waals surface area contributed by atoms with Gasteiger partial charge in [0, 0.05) is 30.8 Å². The summed E-state index contributed by atoms with van der Waals surface area (Å²) in [5, 5.41) is 0. The highest BCUT2D eigenvalue weighted by Crippen LogP contribution is 2.58. The van der Waals surface area contributed by atoms with Gasteiger partial charge in [-0.3, -0.25) is 9.59 Å². The summed E-state index contributed by atoms with van der Waals surface area (Å²) >= 11 is 7.05. The van der Waals surface area contributed by atoms with E-state index >= 15 is 0 Å². The average molecular weight is 632 g/mol. The van der Waals surface area contributed by atoms with Crippen LogP contribution in [0, 0.1) is 11.3 Å². The number of fused-ring (bicyclic) bond motifs is 3. The molecule has 1 aromatic carbocycles. The molecule has 2 aliphatic carbocycles. The molecule has 0 spiro atoms. The molecule has 0 fully saturated rings. The number of allylic oxidation sites excluding steroid dienone is 2. The lowest BCUT2D eigenvalue weighted by Gasteiger charge is -2.40. The van der Waals surface area contributed by atoms with Crippen LogP contribution in [0.25, 0.3) is 5.57 Å². The lowest BCUT2D eigenvalue weighted by molar-refractivity contribution is -0.116. The molecule has 5 heteroatoms. The fourth-order valence-corrected chi connectivity index (χ4v) is 7.93. The van der Waals surface area contributed by atoms with Crippen molar-refractivity contribution in [2.24, 2.45) is 11.3 Å². The van der Waals surface area contributed by atoms with Crippen molar-refractivity contribution in [1.82, 2.24) is 0 Å². The third kappa shape index (κ3) is 2.35. The molecule has 0 aromatic heterocycles. The largest absolute Gasteiger partial charge is 0.295 e. The van der Waals surface area contributed by atoms with Crippen molar-refractivity contribution in [3.8, 4) is 0 Å². The first kappa shape index (κ1) is 17.3. The zero-order valence-corrected chi connectivity index (χ0v) is 18.3. The van der Waals surface area contributed by atoms with E-state index in [1.165, 1.54) is 0 Å². The molecule has 0 radical (unpaired) electrons. The standard InChI is InChI=1S/C17H15I3O2/c18-7-10(8-19)17-6-5-14(21)13(9-20)15(17)11-3-1-2-4-12(11)16(17)22/h1-4,10H,5-9H2. The van der Waals surface area contributed by atoms with Crippen LogP contribution >= 0.6 is 67.8 Å². The monoisotopic (exact) mass is 632 g/mol. The minimum atomic E-state index is -0.472. The van der Waals surface area contributed by atoms with Crippen LogP contribution < -0.4 is 0 Å². The molecule has 0 heterocycles. The van der Waals surface area contributed by atoms with E-state index in [0.29, 0.717) is 17.3 Å². The summed E-state index contributed by atoms with van der Waals surface area (Å²) in [5.41, 5.74) is 3.28. The van der Waals surface area contributed by atoms with Gasteiger partial charge in [-0.25, -0.2) is 0 Å². The quantitative estimate of drug-likeness (QED) is 0.350. The Morgan fingerprint density at radius 3 is 2.27 bits per heavy atom. The van der Waals surface area contributed by atoms with E-state index in [-0.39, 0.29) is 17.5 Å². The van der Waals surface area contributed by atoms with Crippen LogP contribution in [0.1, 0.15) is 28.8 Å². The van der Waals surface area contributed by atoms with E-state index in [1.807, 2.05) is 24.3 Å². The molecular formula is C17H15I3O2. The summed E-state index contributed by atoms with van der Waals surface area (Å²) in [6, 6.07) is 7.85. The molecule has 116 valence electrons. The van der Waals surface area contributed by atoms with Gasteiger partial charge < -0.3 is 0 Å². The van der Waals surface area contributed by atoms with Gasteiger partial charge in [0.05, 0.1) is 5.41 Å². The minimum absolute atomic E-state index is 0.227. The van der Waals surface area contributed by atoms with Gasteiger partial charge in [-0.2, -0.15) is 0 Å². The van der Waals surface area contributed by atoms with E-state index in [0.717, 1.165) is 31.1 Å². The average Bonchev–Trinajstić information content (AvgIpc) is 2.80. The van der Waals surface area contributed by atoms with Gasteiger partial charge >= 0.3 is 0 Å². The molecule has 3 rings (SSSR count). The van der Waals surface area contributed by atoms with Crippen LogP contribution in [0.4, 0.5) is 0 Å². The summed E-state index contributed by atoms with van der Waals surface area (Å²) in [5.74, 6) is 0.756. The molecular weight excluding hydrogens is 617 g/mol. The zero-order chi connectivity index (χ0) is 15.9. The fourth-order valence-electron chi connectivity index (χ4n) is 3.80. The maximum absolute atomic E-state index is 13.3. The Hall–Kier alpha value is 0.490. The molecule has 1 atom stereocenters. The molecule has 0 amide bonds. The SMILES string of the molecule is O=C1CCC2(C(CI)CI)C(=O)c3ccccc3C2=C1CI. The van der Waals surface area contributed by atoms with Crippen LogP contribution in [0.5, 0.6) is 0 Å². The lowest BCUT2D eigenvalue weighted by atomic mass is 9.63. The highest BCUT2D eigenvalue weighted by atomic mass is 127. The Bertz CT molecular complexity index is 676. The van der Waals surface area contributed by atoms with Crippen molar-refractivity contribution < 1.29 is 9.59 Å². The third-order valence-corrected chi connectivity index (χ3v) is 7.77. The van der Waals surface area contributed by atoms with Gasteiger partial charge in [-0.15, -0.1) is 0 Å². The number of hydrogen-bond donors (Lipinski definition) is 0. The van der Waals surface area contributed by atoms with Gasteiger partial charge in [0.2, 0.25) is 0 Å². The number of alkyl halides is 3. The lowest BCUT2D eigenvalue weighted by Crippen LogP contribution is -2.41. The van der Waals surface area contributed by atoms with Gasteiger partial charge in [-0.1, -0.05) is 92.0 Å². The van der Waals surface area contributed by atoms with Crippen molar-refractivity contribution in [2.75, 3.05) is 13.3 Å². The predicted molar refractivity (Wildman–Crippen MR) is 115 cm³/mol. The molecule has 1 unspecified atom stereocenters. The minimum Gasteiger partial charge on any atom is -0.295 e. The first-order valence-electron chi connectivity index (χ1n) is 7.20. The summed E-state index contributed by atoms with van der Waals surface area (Å²) in [4.78, 5) is 25.8. The van der Waals surface area contributed by atoms with Crippen molar-refractivity contribution in [1.29, 1.82) is 0 Å². The Labute approximate surface area is 171 Å². The second-order valence-corrected chi connectivity index (χ2v) is 8.29. The molecule has 0 aliphatic heterocycles. The molecule has 0 bridgehead atoms. The van der Waals surface area contributed by atoms with E-state index in [4.69, 9.17) is 0 Å². The third-order valence-electron chi connectivity index (χ3n) is 4.88. The summed E-state index contributed by atoms with van der Waals surface area (Å²) in [7, 11) is 0. The van der Waals surface area contributed by atoms with Gasteiger partial charge in [0.15, 0.2) is 11.6 Å². The number of carbonyl (C=O) groups excluding carboxylic acids is 2. The maximum Gasteiger partial charge on any atom is 0.174 e. The first-order chi connectivity index (χ1) is 10.6. The number of halogens is 3. The molecule has 0 saturated heterocycles. The van der Waals surface area contributed by atoms with E-state index in [2.05, 4.69) is 67.8 Å². The van der Waals surface area contributed by atoms with E-state index < -0.39 is 5.41 Å². The number of hydrogen-bond acceptors (Lipinski definition) is 2. The van der Waals surface area contributed by atoms with Crippen LogP contribution in [-0.4, -0.2) is 24.8 Å². The molecule has 22 heavy (non-hydrogen) atoms. The second kappa shape index (κ2) is 6.78. The predicted octanol–water partition coefficient (Wildman–Crippen LogP) is 4.91. The zero-order valence-electron chi connectivity index (χ0n) is 11.9. The van der Waals surface area contributed by atoms with Crippen LogP contribution in [-0.2, 0) is 4.79 Å². The highest BCUT2D eigenvalue weighted by Gasteiger charge is 2.56. The smallest absolute Gasteiger partial charge is 0.174 e. The molecule has 0 saturated carbocycles. The first-order valence-corrected chi connectivity index (χ1v) is 11.8. The summed E-state index contributed by atoms with van der Waals surface area (Å²) < 4.78 is 2.56. The Balaban J connectivity index is 2.35. The van der Waals surface area contributed by atoms with Gasteiger partial charge in [0.1, 0.15) is 0 Å². The molecule has 1 aromatic rings. The number of ketones is 2. The molecule has 2 nitrogen and oxygen atoms in total. The second-order valence-electron chi connectivity index (χ2n) is 5.76. The summed E-state index contributed by atoms with van der Waals surface area (Å²) in [6.45, 7) is 0. The van der Waals surface area contributed by atoms with Crippen LogP contribution in [0.2, 0.25) is 0 Å². The van der Waals surface area contributed by atoms with E-state index in [1.54, 1.807) is 0 Å². The molecule has 0 N–H and O–H groups in total. The Morgan fingerprint density at radius 2 is 1.68 bits per heavy atom. The van der Waals surface area contributed by atoms with Crippen LogP contribution in [0.15, 0.2) is 29.8 Å². The number of rotatable bonds is 4.